The number of aromatic nitrogens is 1. The van der Waals surface area contributed by atoms with Crippen LogP contribution < -0.4 is 11.1 Å². The molecule has 0 saturated carbocycles. The van der Waals surface area contributed by atoms with E-state index in [4.69, 9.17) is 15.0 Å². The van der Waals surface area contributed by atoms with Crippen LogP contribution in [0.25, 0.3) is 11.3 Å². The number of ether oxygens (including phenoxy) is 1. The number of nitrogen functional groups attached to an aromatic ring is 1. The SMILES string of the molecule is CC(C)(C)OC(=O)Nc1cc(-c2cc(N)on2)ccc1O. The molecule has 2 rings (SSSR count). The van der Waals surface area contributed by atoms with Gasteiger partial charge in [0.2, 0.25) is 5.88 Å². The van der Waals surface area contributed by atoms with Crippen LogP contribution in [0, 0.1) is 0 Å². The Kier molecular flexibility index (Phi) is 3.75. The molecule has 0 unspecified atom stereocenters. The molecule has 1 aromatic carbocycles. The van der Waals surface area contributed by atoms with Crippen LogP contribution in [0.3, 0.4) is 0 Å². The molecule has 1 aromatic heterocycles. The second-order valence-electron chi connectivity index (χ2n) is 5.47. The van der Waals surface area contributed by atoms with Crippen molar-refractivity contribution in [2.75, 3.05) is 11.1 Å². The van der Waals surface area contributed by atoms with E-state index in [1.807, 2.05) is 0 Å². The summed E-state index contributed by atoms with van der Waals surface area (Å²) in [6, 6.07) is 6.17. The fourth-order valence-corrected chi connectivity index (χ4v) is 1.63. The Bertz CT molecular complexity index is 658. The predicted octanol–water partition coefficient (Wildman–Crippen LogP) is 2.98. The number of amides is 1. The van der Waals surface area contributed by atoms with E-state index in [2.05, 4.69) is 10.5 Å². The molecule has 0 aliphatic heterocycles. The lowest BCUT2D eigenvalue weighted by atomic mass is 10.1. The lowest BCUT2D eigenvalue weighted by Gasteiger charge is -2.20. The second-order valence-corrected chi connectivity index (χ2v) is 5.47. The van der Waals surface area contributed by atoms with Crippen molar-refractivity contribution in [2.45, 2.75) is 26.4 Å². The fraction of sp³-hybridized carbons (Fsp3) is 0.286. The molecule has 7 nitrogen and oxygen atoms in total. The predicted molar refractivity (Wildman–Crippen MR) is 77.9 cm³/mol. The van der Waals surface area contributed by atoms with Gasteiger partial charge in [-0.3, -0.25) is 5.32 Å². The summed E-state index contributed by atoms with van der Waals surface area (Å²) in [5.41, 5.74) is 6.19. The number of rotatable bonds is 2. The molecule has 7 heteroatoms. The number of nitrogens with two attached hydrogens (primary N) is 1. The van der Waals surface area contributed by atoms with Crippen molar-refractivity contribution in [3.63, 3.8) is 0 Å². The molecule has 0 aliphatic carbocycles. The quantitative estimate of drug-likeness (QED) is 0.733. The summed E-state index contributed by atoms with van der Waals surface area (Å²) in [5.74, 6) is 0.0980. The van der Waals surface area contributed by atoms with Crippen molar-refractivity contribution in [3.8, 4) is 17.0 Å². The molecule has 21 heavy (non-hydrogen) atoms. The van der Waals surface area contributed by atoms with Gasteiger partial charge < -0.3 is 20.1 Å². The summed E-state index contributed by atoms with van der Waals surface area (Å²) in [7, 11) is 0. The number of anilines is 2. The maximum absolute atomic E-state index is 11.7. The van der Waals surface area contributed by atoms with E-state index in [-0.39, 0.29) is 17.3 Å². The number of benzene rings is 1. The standard InChI is InChI=1S/C14H17N3O4/c1-14(2,3)20-13(19)16-10-6-8(4-5-11(10)18)9-7-12(15)21-17-9/h4-7,18H,15H2,1-3H3,(H,16,19). The molecule has 0 spiro atoms. The largest absolute Gasteiger partial charge is 0.506 e. The number of phenols is 1. The van der Waals surface area contributed by atoms with Gasteiger partial charge >= 0.3 is 6.09 Å². The number of hydrogen-bond acceptors (Lipinski definition) is 6. The van der Waals surface area contributed by atoms with Crippen molar-refractivity contribution in [2.24, 2.45) is 0 Å². The van der Waals surface area contributed by atoms with Gasteiger partial charge in [0.25, 0.3) is 0 Å². The Morgan fingerprint density at radius 2 is 2.10 bits per heavy atom. The Hall–Kier alpha value is -2.70. The number of phenolic OH excluding ortho intramolecular Hbond substituents is 1. The van der Waals surface area contributed by atoms with Crippen molar-refractivity contribution >= 4 is 17.7 Å². The number of nitrogens with zero attached hydrogens (tertiary/aromatic N) is 1. The minimum atomic E-state index is -0.658. The van der Waals surface area contributed by atoms with Crippen LogP contribution in [-0.2, 0) is 4.74 Å². The second kappa shape index (κ2) is 5.35. The van der Waals surface area contributed by atoms with Crippen molar-refractivity contribution in [3.05, 3.63) is 24.3 Å². The van der Waals surface area contributed by atoms with Gasteiger partial charge in [0.15, 0.2) is 0 Å². The zero-order valence-electron chi connectivity index (χ0n) is 12.0. The Balaban J connectivity index is 2.22. The van der Waals surface area contributed by atoms with E-state index in [9.17, 15) is 9.90 Å². The molecule has 1 heterocycles. The molecule has 112 valence electrons. The highest BCUT2D eigenvalue weighted by atomic mass is 16.6. The van der Waals surface area contributed by atoms with Crippen LogP contribution in [0.15, 0.2) is 28.8 Å². The highest BCUT2D eigenvalue weighted by molar-refractivity contribution is 5.88. The normalized spacial score (nSPS) is 11.2. The van der Waals surface area contributed by atoms with Crippen LogP contribution >= 0.6 is 0 Å². The van der Waals surface area contributed by atoms with E-state index in [1.165, 1.54) is 6.07 Å². The number of carbonyl (C=O) groups is 1. The Labute approximate surface area is 121 Å². The van der Waals surface area contributed by atoms with Crippen molar-refractivity contribution < 1.29 is 19.2 Å². The third-order valence-electron chi connectivity index (χ3n) is 2.46. The summed E-state index contributed by atoms with van der Waals surface area (Å²) < 4.78 is 9.92. The van der Waals surface area contributed by atoms with E-state index >= 15 is 0 Å². The van der Waals surface area contributed by atoms with E-state index in [0.29, 0.717) is 11.3 Å². The molecule has 0 saturated heterocycles. The molecule has 4 N–H and O–H groups in total. The van der Waals surface area contributed by atoms with Crippen LogP contribution in [0.4, 0.5) is 16.4 Å². The van der Waals surface area contributed by atoms with E-state index in [1.54, 1.807) is 39.0 Å². The fourth-order valence-electron chi connectivity index (χ4n) is 1.63. The minimum Gasteiger partial charge on any atom is -0.506 e. The Morgan fingerprint density at radius 1 is 1.38 bits per heavy atom. The number of nitrogens with one attached hydrogen (secondary N) is 1. The molecule has 0 aliphatic rings. The third kappa shape index (κ3) is 3.88. The van der Waals surface area contributed by atoms with Gasteiger partial charge in [0, 0.05) is 11.6 Å². The van der Waals surface area contributed by atoms with Gasteiger partial charge in [-0.25, -0.2) is 4.79 Å². The summed E-state index contributed by atoms with van der Waals surface area (Å²) in [6.07, 6.45) is -0.658. The average Bonchev–Trinajstić information content (AvgIpc) is 2.76. The highest BCUT2D eigenvalue weighted by Crippen LogP contribution is 2.30. The molecule has 0 atom stereocenters. The molecular formula is C14H17N3O4. The summed E-state index contributed by atoms with van der Waals surface area (Å²) >= 11 is 0. The first-order chi connectivity index (χ1) is 9.74. The van der Waals surface area contributed by atoms with Crippen molar-refractivity contribution in [1.82, 2.24) is 5.16 Å². The minimum absolute atomic E-state index is 0.0823. The molecular weight excluding hydrogens is 274 g/mol. The van der Waals surface area contributed by atoms with E-state index < -0.39 is 11.7 Å². The lowest BCUT2D eigenvalue weighted by Crippen LogP contribution is -2.27. The summed E-state index contributed by atoms with van der Waals surface area (Å²) in [6.45, 7) is 5.25. The molecule has 0 bridgehead atoms. The van der Waals surface area contributed by atoms with Crippen LogP contribution in [-0.4, -0.2) is 22.0 Å². The van der Waals surface area contributed by atoms with Crippen LogP contribution in [0.5, 0.6) is 5.75 Å². The lowest BCUT2D eigenvalue weighted by molar-refractivity contribution is 0.0635. The van der Waals surface area contributed by atoms with Gasteiger partial charge in [0.05, 0.1) is 5.69 Å². The van der Waals surface area contributed by atoms with Crippen LogP contribution in [0.2, 0.25) is 0 Å². The molecule has 0 fully saturated rings. The molecule has 1 amide bonds. The smallest absolute Gasteiger partial charge is 0.412 e. The summed E-state index contributed by atoms with van der Waals surface area (Å²) in [4.78, 5) is 11.7. The molecule has 0 radical (unpaired) electrons. The maximum Gasteiger partial charge on any atom is 0.412 e. The highest BCUT2D eigenvalue weighted by Gasteiger charge is 2.17. The maximum atomic E-state index is 11.7. The van der Waals surface area contributed by atoms with Gasteiger partial charge in [-0.05, 0) is 39.0 Å². The topological polar surface area (TPSA) is 111 Å². The monoisotopic (exact) mass is 291 g/mol. The van der Waals surface area contributed by atoms with Gasteiger partial charge in [-0.2, -0.15) is 0 Å². The van der Waals surface area contributed by atoms with Gasteiger partial charge in [-0.15, -0.1) is 0 Å². The Morgan fingerprint density at radius 3 is 2.67 bits per heavy atom. The van der Waals surface area contributed by atoms with Crippen LogP contribution in [0.1, 0.15) is 20.8 Å². The number of aromatic hydroxyl groups is 1. The number of hydrogen-bond donors (Lipinski definition) is 3. The molecule has 2 aromatic rings. The third-order valence-corrected chi connectivity index (χ3v) is 2.46. The van der Waals surface area contributed by atoms with Crippen molar-refractivity contribution in [1.29, 1.82) is 0 Å². The first kappa shape index (κ1) is 14.7. The summed E-state index contributed by atoms with van der Waals surface area (Å²) in [5, 5.41) is 16.0. The first-order valence-electron chi connectivity index (χ1n) is 6.30. The number of carbonyl (C=O) groups excluding carboxylic acids is 1. The zero-order valence-corrected chi connectivity index (χ0v) is 12.0. The first-order valence-corrected chi connectivity index (χ1v) is 6.30. The van der Waals surface area contributed by atoms with Gasteiger partial charge in [0.1, 0.15) is 17.0 Å². The zero-order chi connectivity index (χ0) is 15.6. The van der Waals surface area contributed by atoms with Gasteiger partial charge in [-0.1, -0.05) is 5.16 Å². The average molecular weight is 291 g/mol. The van der Waals surface area contributed by atoms with E-state index in [0.717, 1.165) is 0 Å².